The zero-order chi connectivity index (χ0) is 29.7. The van der Waals surface area contributed by atoms with Crippen LogP contribution in [0.3, 0.4) is 0 Å². The van der Waals surface area contributed by atoms with Crippen molar-refractivity contribution in [2.45, 2.75) is 53.1 Å². The van der Waals surface area contributed by atoms with E-state index in [9.17, 15) is 19.9 Å². The van der Waals surface area contributed by atoms with E-state index in [0.29, 0.717) is 0 Å². The molecule has 4 aromatic rings. The first kappa shape index (κ1) is 27.9. The lowest BCUT2D eigenvalue weighted by atomic mass is 10.1. The average molecular weight is 648 g/mol. The summed E-state index contributed by atoms with van der Waals surface area (Å²) in [4.78, 5) is 41.3. The quantitative estimate of drug-likeness (QED) is 0.124. The van der Waals surface area contributed by atoms with Gasteiger partial charge >= 0.3 is 6.72 Å². The molecule has 0 amide bonds. The van der Waals surface area contributed by atoms with Crippen LogP contribution in [0, 0.1) is 0 Å². The SMILES string of the molecule is Nc1nc2c(nnn2[C@@H]2S[C@H](CO)[C@@H](F)[C@H]2OP(O)(=S)OC2[C@H]3O[C@@H](n4cnc5c(N)ncnc54)[C@@H](F)[C@@]23O)c(=O)[nH]1. The Balaban J connectivity index is 1.11. The Bertz CT molecular complexity index is 1830. The molecule has 8 N–H and O–H groups in total. The van der Waals surface area contributed by atoms with Gasteiger partial charge in [-0.15, -0.1) is 16.9 Å². The number of aromatic amines is 1. The smallest absolute Gasteiger partial charge is 0.325 e. The van der Waals surface area contributed by atoms with E-state index >= 15 is 8.78 Å². The van der Waals surface area contributed by atoms with E-state index in [1.165, 1.54) is 10.9 Å². The fourth-order valence-electron chi connectivity index (χ4n) is 5.18. The minimum atomic E-state index is -4.42. The highest BCUT2D eigenvalue weighted by atomic mass is 32.5. The number of nitrogens with zero attached hydrogens (tertiary/aromatic N) is 8. The molecule has 1 aliphatic carbocycles. The fraction of sp³-hybridized carbons (Fsp3) is 0.526. The van der Waals surface area contributed by atoms with E-state index in [0.717, 1.165) is 22.8 Å². The molecule has 0 bridgehead atoms. The maximum absolute atomic E-state index is 15.6. The molecule has 3 fully saturated rings. The van der Waals surface area contributed by atoms with E-state index in [1.807, 2.05) is 0 Å². The molecule has 6 heterocycles. The highest BCUT2D eigenvalue weighted by molar-refractivity contribution is 8.07. The average Bonchev–Trinajstić information content (AvgIpc) is 3.45. The first-order valence-corrected chi connectivity index (χ1v) is 15.6. The summed E-state index contributed by atoms with van der Waals surface area (Å²) in [7, 11) is 0. The molecule has 0 radical (unpaired) electrons. The molecule has 3 aliphatic rings. The van der Waals surface area contributed by atoms with Crippen LogP contribution >= 0.6 is 18.5 Å². The van der Waals surface area contributed by atoms with Crippen LogP contribution in [0.15, 0.2) is 17.4 Å². The van der Waals surface area contributed by atoms with E-state index in [2.05, 4.69) is 35.2 Å². The van der Waals surface area contributed by atoms with Crippen LogP contribution < -0.4 is 17.0 Å². The van der Waals surface area contributed by atoms with Gasteiger partial charge in [0.25, 0.3) is 5.56 Å². The van der Waals surface area contributed by atoms with Crippen LogP contribution in [0.4, 0.5) is 20.5 Å². The third-order valence-electron chi connectivity index (χ3n) is 7.26. The maximum Gasteiger partial charge on any atom is 0.325 e. The summed E-state index contributed by atoms with van der Waals surface area (Å²) in [5, 5.41) is 26.1. The highest BCUT2D eigenvalue weighted by Crippen LogP contribution is 2.63. The van der Waals surface area contributed by atoms with Crippen LogP contribution in [-0.2, 0) is 25.6 Å². The van der Waals surface area contributed by atoms with Crippen molar-refractivity contribution < 1.29 is 37.7 Å². The van der Waals surface area contributed by atoms with Crippen LogP contribution in [-0.4, -0.2) is 108 Å². The first-order valence-electron chi connectivity index (χ1n) is 12.1. The summed E-state index contributed by atoms with van der Waals surface area (Å²) in [5.74, 6) is -0.187. The van der Waals surface area contributed by atoms with Crippen LogP contribution in [0.5, 0.6) is 0 Å². The van der Waals surface area contributed by atoms with Gasteiger partial charge in [0.2, 0.25) is 5.95 Å². The van der Waals surface area contributed by atoms with E-state index < -0.39 is 72.0 Å². The van der Waals surface area contributed by atoms with Gasteiger partial charge in [0.15, 0.2) is 40.6 Å². The Morgan fingerprint density at radius 2 is 2.02 bits per heavy atom. The van der Waals surface area contributed by atoms with Gasteiger partial charge in [-0.25, -0.2) is 28.4 Å². The van der Waals surface area contributed by atoms with Crippen molar-refractivity contribution >= 4 is 64.4 Å². The number of alkyl halides is 2. The third kappa shape index (κ3) is 4.05. The van der Waals surface area contributed by atoms with Gasteiger partial charge in [0, 0.05) is 0 Å². The van der Waals surface area contributed by atoms with Gasteiger partial charge in [-0.1, -0.05) is 5.21 Å². The minimum Gasteiger partial charge on any atom is -0.395 e. The number of anilines is 2. The summed E-state index contributed by atoms with van der Waals surface area (Å²) in [6.07, 6.45) is -7.30. The van der Waals surface area contributed by atoms with E-state index in [-0.39, 0.29) is 34.1 Å². The second kappa shape index (κ2) is 9.53. The zero-order valence-electron chi connectivity index (χ0n) is 20.7. The monoisotopic (exact) mass is 647 g/mol. The van der Waals surface area contributed by atoms with Crippen molar-refractivity contribution in [2.24, 2.45) is 0 Å². The number of halogens is 2. The molecule has 2 unspecified atom stereocenters. The van der Waals surface area contributed by atoms with Crippen molar-refractivity contribution in [1.29, 1.82) is 0 Å². The second-order valence-corrected chi connectivity index (χ2v) is 13.8. The number of aromatic nitrogens is 9. The predicted octanol–water partition coefficient (Wildman–Crippen LogP) is -1.57. The van der Waals surface area contributed by atoms with Crippen molar-refractivity contribution in [3.8, 4) is 0 Å². The van der Waals surface area contributed by atoms with Crippen molar-refractivity contribution in [2.75, 3.05) is 18.1 Å². The highest BCUT2D eigenvalue weighted by Gasteiger charge is 2.80. The standard InChI is InChI=1S/C19H20F2N11O7PS2/c20-5-4(1-33)42-17(32-14-7(29-30-32)15(34)28-18(23)27-14)8(5)38-40(36,41)39-11-10-19(11,35)9(21)16(37-10)31-3-26-6-12(22)24-2-25-13(6)31/h2-5,8-11,16-17,33,35H,1H2,(H,36,41)(H2,22,24,25)(H3,23,27,28,34)/t4-,5-,8-,9-,10-,11?,16-,17-,19+,40?/m1/s1. The molecular formula is C19H20F2N11O7PS2. The number of rotatable bonds is 7. The summed E-state index contributed by atoms with van der Waals surface area (Å²) in [6, 6.07) is 0. The summed E-state index contributed by atoms with van der Waals surface area (Å²) in [5.41, 5.74) is 8.57. The Kier molecular flexibility index (Phi) is 6.32. The third-order valence-corrected chi connectivity index (χ3v) is 10.3. The number of nitrogens with two attached hydrogens (primary N) is 2. The van der Waals surface area contributed by atoms with Gasteiger partial charge in [-0.2, -0.15) is 4.98 Å². The van der Waals surface area contributed by atoms with Gasteiger partial charge in [0.1, 0.15) is 41.7 Å². The molecule has 0 spiro atoms. The Morgan fingerprint density at radius 1 is 1.24 bits per heavy atom. The fourth-order valence-corrected chi connectivity index (χ4v) is 8.36. The molecule has 7 rings (SSSR count). The minimum absolute atomic E-state index is 0.0679. The molecule has 0 aromatic carbocycles. The number of aliphatic hydroxyl groups excluding tert-OH is 1. The number of imidazole rings is 1. The summed E-state index contributed by atoms with van der Waals surface area (Å²) < 4.78 is 49.9. The van der Waals surface area contributed by atoms with Gasteiger partial charge in [0.05, 0.1) is 18.2 Å². The van der Waals surface area contributed by atoms with Crippen LogP contribution in [0.25, 0.3) is 22.3 Å². The number of nitrogen functional groups attached to an aromatic ring is 2. The Morgan fingerprint density at radius 3 is 2.74 bits per heavy atom. The number of fused-ring (bicyclic) bond motifs is 3. The van der Waals surface area contributed by atoms with Gasteiger partial charge in [-0.3, -0.25) is 23.4 Å². The maximum atomic E-state index is 15.6. The molecular weight excluding hydrogens is 627 g/mol. The molecule has 1 saturated carbocycles. The normalized spacial score (nSPS) is 35.5. The Hall–Kier alpha value is -2.95. The van der Waals surface area contributed by atoms with E-state index in [1.54, 1.807) is 0 Å². The molecule has 18 nitrogen and oxygen atoms in total. The lowest BCUT2D eigenvalue weighted by Crippen LogP contribution is -2.35. The number of H-pyrrole nitrogens is 1. The van der Waals surface area contributed by atoms with Gasteiger partial charge < -0.3 is 31.3 Å². The van der Waals surface area contributed by atoms with E-state index in [4.69, 9.17) is 37.1 Å². The topological polar surface area (TPSA) is 260 Å². The first-order chi connectivity index (χ1) is 19.9. The van der Waals surface area contributed by atoms with Crippen LogP contribution in [0.1, 0.15) is 11.6 Å². The number of hydrogen-bond acceptors (Lipinski definition) is 16. The molecule has 42 heavy (non-hydrogen) atoms. The number of aliphatic hydroxyl groups is 2. The molecule has 23 heteroatoms. The molecule has 2 saturated heterocycles. The summed E-state index contributed by atoms with van der Waals surface area (Å²) in [6.45, 7) is -5.04. The molecule has 2 aliphatic heterocycles. The second-order valence-electron chi connectivity index (χ2n) is 9.73. The molecule has 10 atom stereocenters. The van der Waals surface area contributed by atoms with Crippen molar-refractivity contribution in [3.63, 3.8) is 0 Å². The lowest BCUT2D eigenvalue weighted by Gasteiger charge is -2.27. The molecule has 224 valence electrons. The largest absolute Gasteiger partial charge is 0.395 e. The predicted molar refractivity (Wildman–Crippen MR) is 142 cm³/mol. The number of thioether (sulfide) groups is 1. The number of nitrogens with one attached hydrogen (secondary N) is 1. The summed E-state index contributed by atoms with van der Waals surface area (Å²) >= 11 is 5.97. The molecule has 4 aromatic heterocycles. The number of hydrogen-bond donors (Lipinski definition) is 6. The lowest BCUT2D eigenvalue weighted by molar-refractivity contribution is -0.0605. The van der Waals surface area contributed by atoms with Crippen molar-refractivity contribution in [3.05, 3.63) is 23.0 Å². The number of ether oxygens (including phenoxy) is 1. The van der Waals surface area contributed by atoms with Gasteiger partial charge in [-0.05, 0) is 11.8 Å². The van der Waals surface area contributed by atoms with Crippen molar-refractivity contribution in [1.82, 2.24) is 44.5 Å². The van der Waals surface area contributed by atoms with Crippen LogP contribution in [0.2, 0.25) is 0 Å². The Labute approximate surface area is 240 Å². The zero-order valence-corrected chi connectivity index (χ0v) is 23.2.